The molecule has 2 rings (SSSR count). The number of pyridine rings is 1. The van der Waals surface area contributed by atoms with E-state index in [2.05, 4.69) is 9.72 Å². The van der Waals surface area contributed by atoms with Gasteiger partial charge in [0.2, 0.25) is 5.88 Å². The van der Waals surface area contributed by atoms with Crippen molar-refractivity contribution in [3.05, 3.63) is 18.1 Å². The maximum atomic E-state index is 13.8. The highest BCUT2D eigenvalue weighted by molar-refractivity contribution is 6.62. The highest BCUT2D eigenvalue weighted by Gasteiger charge is 2.52. The molecule has 1 aliphatic rings. The lowest BCUT2D eigenvalue weighted by Gasteiger charge is -2.32. The Morgan fingerprint density at radius 1 is 1.20 bits per heavy atom. The third kappa shape index (κ3) is 2.76. The van der Waals surface area contributed by atoms with Crippen LogP contribution in [-0.2, 0) is 9.31 Å². The third-order valence-corrected chi connectivity index (χ3v) is 3.58. The van der Waals surface area contributed by atoms with Crippen molar-refractivity contribution in [1.82, 2.24) is 4.98 Å². The molecular weight excluding hydrogens is 274 g/mol. The van der Waals surface area contributed by atoms with Crippen LogP contribution in [0.3, 0.4) is 0 Å². The second kappa shape index (κ2) is 4.93. The maximum absolute atomic E-state index is 13.8. The standard InChI is InChI=1S/C12H15BF3NO3/c1-11(2)12(3,4)20-13(19-11)7-5-9(18-10(15)16)17-6-8(7)14/h5-6,10H,1-4H3. The summed E-state index contributed by atoms with van der Waals surface area (Å²) in [6, 6.07) is 1.06. The fourth-order valence-electron chi connectivity index (χ4n) is 1.74. The molecule has 1 fully saturated rings. The normalized spacial score (nSPS) is 20.5. The summed E-state index contributed by atoms with van der Waals surface area (Å²) in [5.74, 6) is -1.09. The Morgan fingerprint density at radius 2 is 1.75 bits per heavy atom. The van der Waals surface area contributed by atoms with Gasteiger partial charge in [-0.1, -0.05) is 0 Å². The van der Waals surface area contributed by atoms with Crippen LogP contribution in [0.2, 0.25) is 0 Å². The van der Waals surface area contributed by atoms with E-state index < -0.39 is 30.7 Å². The van der Waals surface area contributed by atoms with Crippen LogP contribution in [0.25, 0.3) is 0 Å². The summed E-state index contributed by atoms with van der Waals surface area (Å²) in [6.45, 7) is 4.20. The second-order valence-electron chi connectivity index (χ2n) is 5.51. The van der Waals surface area contributed by atoms with Gasteiger partial charge < -0.3 is 14.0 Å². The van der Waals surface area contributed by atoms with Gasteiger partial charge in [-0.2, -0.15) is 8.78 Å². The molecule has 1 aromatic rings. The predicted molar refractivity (Wildman–Crippen MR) is 66.5 cm³/mol. The quantitative estimate of drug-likeness (QED) is 0.799. The first kappa shape index (κ1) is 15.1. The number of aromatic nitrogens is 1. The third-order valence-electron chi connectivity index (χ3n) is 3.58. The van der Waals surface area contributed by atoms with E-state index in [0.29, 0.717) is 0 Å². The van der Waals surface area contributed by atoms with Crippen LogP contribution in [-0.4, -0.2) is 29.9 Å². The number of ether oxygens (including phenoxy) is 1. The molecule has 0 N–H and O–H groups in total. The molecular formula is C12H15BF3NO3. The van der Waals surface area contributed by atoms with Crippen LogP contribution < -0.4 is 10.2 Å². The topological polar surface area (TPSA) is 40.6 Å². The molecule has 4 nitrogen and oxygen atoms in total. The average Bonchev–Trinajstić information content (AvgIpc) is 2.50. The molecule has 1 aromatic heterocycles. The molecule has 0 radical (unpaired) electrons. The van der Waals surface area contributed by atoms with Crippen molar-refractivity contribution in [2.45, 2.75) is 45.5 Å². The Labute approximate surface area is 115 Å². The predicted octanol–water partition coefficient (Wildman–Crippen LogP) is 2.12. The molecule has 20 heavy (non-hydrogen) atoms. The van der Waals surface area contributed by atoms with Gasteiger partial charge in [0, 0.05) is 11.5 Å². The minimum Gasteiger partial charge on any atom is -0.417 e. The Bertz CT molecular complexity index is 495. The maximum Gasteiger partial charge on any atom is 0.498 e. The van der Waals surface area contributed by atoms with Crippen LogP contribution in [0.1, 0.15) is 27.7 Å². The Morgan fingerprint density at radius 3 is 2.25 bits per heavy atom. The summed E-state index contributed by atoms with van der Waals surface area (Å²) < 4.78 is 53.6. The molecule has 0 unspecified atom stereocenters. The van der Waals surface area contributed by atoms with Gasteiger partial charge in [0.25, 0.3) is 0 Å². The number of hydrogen-bond donors (Lipinski definition) is 0. The van der Waals surface area contributed by atoms with Crippen LogP contribution in [0.4, 0.5) is 13.2 Å². The zero-order valence-corrected chi connectivity index (χ0v) is 11.6. The highest BCUT2D eigenvalue weighted by Crippen LogP contribution is 2.36. The zero-order chi connectivity index (χ0) is 15.1. The van der Waals surface area contributed by atoms with E-state index in [4.69, 9.17) is 9.31 Å². The Kier molecular flexibility index (Phi) is 3.72. The lowest BCUT2D eigenvalue weighted by atomic mass is 9.79. The van der Waals surface area contributed by atoms with Crippen molar-refractivity contribution < 1.29 is 27.2 Å². The monoisotopic (exact) mass is 289 g/mol. The average molecular weight is 289 g/mol. The summed E-state index contributed by atoms with van der Waals surface area (Å²) in [5, 5.41) is 0. The lowest BCUT2D eigenvalue weighted by Crippen LogP contribution is -2.41. The number of halogens is 3. The van der Waals surface area contributed by atoms with Gasteiger partial charge in [-0.15, -0.1) is 0 Å². The summed E-state index contributed by atoms with van der Waals surface area (Å²) >= 11 is 0. The molecule has 0 saturated carbocycles. The van der Waals surface area contributed by atoms with Crippen molar-refractivity contribution >= 4 is 12.6 Å². The molecule has 0 aromatic carbocycles. The van der Waals surface area contributed by atoms with Crippen LogP contribution in [0.15, 0.2) is 12.3 Å². The van der Waals surface area contributed by atoms with Crippen molar-refractivity contribution in [1.29, 1.82) is 0 Å². The minimum atomic E-state index is -3.03. The molecule has 0 spiro atoms. The first-order valence-corrected chi connectivity index (χ1v) is 6.08. The van der Waals surface area contributed by atoms with E-state index in [9.17, 15) is 13.2 Å². The van der Waals surface area contributed by atoms with Gasteiger partial charge in [0.15, 0.2) is 0 Å². The minimum absolute atomic E-state index is 0.0192. The lowest BCUT2D eigenvalue weighted by molar-refractivity contribution is -0.0528. The van der Waals surface area contributed by atoms with Crippen molar-refractivity contribution in [3.63, 3.8) is 0 Å². The first-order valence-electron chi connectivity index (χ1n) is 6.08. The number of rotatable bonds is 3. The fraction of sp³-hybridized carbons (Fsp3) is 0.583. The van der Waals surface area contributed by atoms with Gasteiger partial charge in [0.1, 0.15) is 5.82 Å². The molecule has 110 valence electrons. The van der Waals surface area contributed by atoms with Gasteiger partial charge in [-0.05, 0) is 27.7 Å². The van der Waals surface area contributed by atoms with Crippen molar-refractivity contribution in [2.75, 3.05) is 0 Å². The molecule has 0 aliphatic carbocycles. The van der Waals surface area contributed by atoms with E-state index in [1.54, 1.807) is 0 Å². The van der Waals surface area contributed by atoms with Gasteiger partial charge in [0.05, 0.1) is 17.4 Å². The zero-order valence-electron chi connectivity index (χ0n) is 11.6. The van der Waals surface area contributed by atoms with Gasteiger partial charge >= 0.3 is 13.7 Å². The van der Waals surface area contributed by atoms with E-state index in [-0.39, 0.29) is 11.3 Å². The van der Waals surface area contributed by atoms with E-state index in [1.807, 2.05) is 27.7 Å². The molecule has 8 heteroatoms. The van der Waals surface area contributed by atoms with Gasteiger partial charge in [-0.3, -0.25) is 0 Å². The largest absolute Gasteiger partial charge is 0.498 e. The fourth-order valence-corrected chi connectivity index (χ4v) is 1.74. The second-order valence-corrected chi connectivity index (χ2v) is 5.51. The molecule has 1 saturated heterocycles. The summed E-state index contributed by atoms with van der Waals surface area (Å²) in [6.07, 6.45) is 0.804. The summed E-state index contributed by atoms with van der Waals surface area (Å²) in [5.41, 5.74) is -1.33. The number of alkyl halides is 2. The van der Waals surface area contributed by atoms with Crippen LogP contribution >= 0.6 is 0 Å². The van der Waals surface area contributed by atoms with Crippen LogP contribution in [0.5, 0.6) is 5.88 Å². The molecule has 0 amide bonds. The Hall–Kier alpha value is -1.28. The molecule has 1 aliphatic heterocycles. The van der Waals surface area contributed by atoms with Crippen LogP contribution in [0, 0.1) is 5.82 Å². The number of hydrogen-bond acceptors (Lipinski definition) is 4. The Balaban J connectivity index is 2.30. The highest BCUT2D eigenvalue weighted by atomic mass is 19.3. The van der Waals surface area contributed by atoms with E-state index in [0.717, 1.165) is 12.3 Å². The molecule has 2 heterocycles. The molecule has 0 atom stereocenters. The van der Waals surface area contributed by atoms with E-state index in [1.165, 1.54) is 0 Å². The summed E-state index contributed by atoms with van der Waals surface area (Å²) in [7, 11) is -0.997. The van der Waals surface area contributed by atoms with Crippen molar-refractivity contribution in [2.24, 2.45) is 0 Å². The van der Waals surface area contributed by atoms with Gasteiger partial charge in [-0.25, -0.2) is 9.37 Å². The SMILES string of the molecule is CC1(C)OB(c2cc(OC(F)F)ncc2F)OC1(C)C. The summed E-state index contributed by atoms with van der Waals surface area (Å²) in [4.78, 5) is 3.43. The van der Waals surface area contributed by atoms with E-state index >= 15 is 0 Å². The van der Waals surface area contributed by atoms with Crippen molar-refractivity contribution in [3.8, 4) is 5.88 Å². The smallest absolute Gasteiger partial charge is 0.417 e. The first-order chi connectivity index (χ1) is 9.12. The molecule has 0 bridgehead atoms. The number of nitrogens with zero attached hydrogens (tertiary/aromatic N) is 1.